The van der Waals surface area contributed by atoms with Crippen LogP contribution in [0.15, 0.2) is 57.4 Å². The van der Waals surface area contributed by atoms with E-state index in [-0.39, 0.29) is 11.9 Å². The quantitative estimate of drug-likeness (QED) is 0.490. The van der Waals surface area contributed by atoms with E-state index in [4.69, 9.17) is 9.15 Å². The molecule has 0 saturated heterocycles. The maximum atomic E-state index is 12.4. The van der Waals surface area contributed by atoms with Crippen molar-refractivity contribution in [3.8, 4) is 17.2 Å². The highest BCUT2D eigenvalue weighted by molar-refractivity contribution is 9.10. The SMILES string of the molecule is CCCCCOc1cccc(C(=O)Nc2nnc(-c3ccc(Br)cc3)o2)c1. The maximum Gasteiger partial charge on any atom is 0.322 e. The Morgan fingerprint density at radius 3 is 2.74 bits per heavy atom. The molecule has 0 spiro atoms. The van der Waals surface area contributed by atoms with E-state index in [1.54, 1.807) is 18.2 Å². The van der Waals surface area contributed by atoms with E-state index in [9.17, 15) is 4.79 Å². The molecule has 0 fully saturated rings. The molecule has 1 heterocycles. The summed E-state index contributed by atoms with van der Waals surface area (Å²) >= 11 is 3.38. The summed E-state index contributed by atoms with van der Waals surface area (Å²) in [6.45, 7) is 2.78. The van der Waals surface area contributed by atoms with E-state index in [2.05, 4.69) is 38.4 Å². The topological polar surface area (TPSA) is 77.2 Å². The van der Waals surface area contributed by atoms with Crippen molar-refractivity contribution < 1.29 is 13.9 Å². The van der Waals surface area contributed by atoms with Crippen LogP contribution in [0.3, 0.4) is 0 Å². The van der Waals surface area contributed by atoms with Gasteiger partial charge in [0, 0.05) is 15.6 Å². The number of ether oxygens (including phenoxy) is 1. The molecule has 6 nitrogen and oxygen atoms in total. The first-order valence-electron chi connectivity index (χ1n) is 8.79. The largest absolute Gasteiger partial charge is 0.494 e. The van der Waals surface area contributed by atoms with Crippen molar-refractivity contribution >= 4 is 27.9 Å². The molecule has 3 rings (SSSR count). The second kappa shape index (κ2) is 9.32. The molecule has 0 aliphatic carbocycles. The van der Waals surface area contributed by atoms with Gasteiger partial charge in [-0.1, -0.05) is 46.9 Å². The molecule has 0 saturated carbocycles. The summed E-state index contributed by atoms with van der Waals surface area (Å²) in [5, 5.41) is 10.5. The molecule has 2 aromatic carbocycles. The molecule has 7 heteroatoms. The Balaban J connectivity index is 1.63. The minimum Gasteiger partial charge on any atom is -0.494 e. The molecule has 27 heavy (non-hydrogen) atoms. The smallest absolute Gasteiger partial charge is 0.322 e. The third-order valence-corrected chi connectivity index (χ3v) is 4.38. The number of unbranched alkanes of at least 4 members (excludes halogenated alkanes) is 2. The zero-order valence-electron chi connectivity index (χ0n) is 14.9. The van der Waals surface area contributed by atoms with Crippen LogP contribution >= 0.6 is 15.9 Å². The van der Waals surface area contributed by atoms with Gasteiger partial charge in [0.05, 0.1) is 6.61 Å². The Kier molecular flexibility index (Phi) is 6.59. The number of carbonyl (C=O) groups excluding carboxylic acids is 1. The van der Waals surface area contributed by atoms with Crippen LogP contribution in [0, 0.1) is 0 Å². The number of nitrogens with zero attached hydrogens (tertiary/aromatic N) is 2. The molecule has 1 amide bonds. The van der Waals surface area contributed by atoms with Crippen molar-refractivity contribution in [2.75, 3.05) is 11.9 Å². The lowest BCUT2D eigenvalue weighted by Crippen LogP contribution is -2.12. The Bertz CT molecular complexity index is 893. The van der Waals surface area contributed by atoms with Gasteiger partial charge in [-0.15, -0.1) is 5.10 Å². The summed E-state index contributed by atoms with van der Waals surface area (Å²) < 4.78 is 12.2. The van der Waals surface area contributed by atoms with Crippen molar-refractivity contribution in [2.24, 2.45) is 0 Å². The number of rotatable bonds is 8. The lowest BCUT2D eigenvalue weighted by molar-refractivity contribution is 0.102. The Hall–Kier alpha value is -2.67. The van der Waals surface area contributed by atoms with Crippen molar-refractivity contribution in [2.45, 2.75) is 26.2 Å². The van der Waals surface area contributed by atoms with Gasteiger partial charge in [-0.3, -0.25) is 10.1 Å². The molecule has 0 unspecified atom stereocenters. The Morgan fingerprint density at radius 1 is 1.15 bits per heavy atom. The Labute approximate surface area is 166 Å². The van der Waals surface area contributed by atoms with Crippen molar-refractivity contribution in [1.82, 2.24) is 10.2 Å². The van der Waals surface area contributed by atoms with Gasteiger partial charge < -0.3 is 9.15 Å². The summed E-state index contributed by atoms with van der Waals surface area (Å²) in [5.74, 6) is 0.672. The van der Waals surface area contributed by atoms with Crippen LogP contribution in [-0.4, -0.2) is 22.7 Å². The highest BCUT2D eigenvalue weighted by Gasteiger charge is 2.13. The number of hydrogen-bond donors (Lipinski definition) is 1. The average Bonchev–Trinajstić information content (AvgIpc) is 3.14. The minimum atomic E-state index is -0.333. The van der Waals surface area contributed by atoms with Gasteiger partial charge >= 0.3 is 6.01 Å². The molecule has 0 bridgehead atoms. The van der Waals surface area contributed by atoms with Gasteiger partial charge in [-0.25, -0.2) is 0 Å². The molecule has 0 atom stereocenters. The zero-order chi connectivity index (χ0) is 19.1. The van der Waals surface area contributed by atoms with Crippen LogP contribution in [-0.2, 0) is 0 Å². The number of anilines is 1. The molecular formula is C20H20BrN3O3. The minimum absolute atomic E-state index is 0.0483. The van der Waals surface area contributed by atoms with E-state index < -0.39 is 0 Å². The number of benzene rings is 2. The predicted molar refractivity (Wildman–Crippen MR) is 107 cm³/mol. The fraction of sp³-hybridized carbons (Fsp3) is 0.250. The highest BCUT2D eigenvalue weighted by atomic mass is 79.9. The van der Waals surface area contributed by atoms with Crippen LogP contribution in [0.25, 0.3) is 11.5 Å². The molecule has 1 aromatic heterocycles. The van der Waals surface area contributed by atoms with E-state index in [1.165, 1.54) is 0 Å². The zero-order valence-corrected chi connectivity index (χ0v) is 16.5. The fourth-order valence-corrected chi connectivity index (χ4v) is 2.69. The van der Waals surface area contributed by atoms with Crippen molar-refractivity contribution in [3.05, 3.63) is 58.6 Å². The van der Waals surface area contributed by atoms with E-state index in [0.717, 1.165) is 29.3 Å². The van der Waals surface area contributed by atoms with Crippen LogP contribution in [0.1, 0.15) is 36.5 Å². The van der Waals surface area contributed by atoms with Crippen molar-refractivity contribution in [1.29, 1.82) is 0 Å². The number of aromatic nitrogens is 2. The van der Waals surface area contributed by atoms with Crippen LogP contribution < -0.4 is 10.1 Å². The highest BCUT2D eigenvalue weighted by Crippen LogP contribution is 2.22. The number of carbonyl (C=O) groups is 1. The number of nitrogens with one attached hydrogen (secondary N) is 1. The van der Waals surface area contributed by atoms with E-state index >= 15 is 0 Å². The monoisotopic (exact) mass is 429 g/mol. The molecule has 0 radical (unpaired) electrons. The third kappa shape index (κ3) is 5.40. The predicted octanol–water partition coefficient (Wildman–Crippen LogP) is 5.32. The average molecular weight is 430 g/mol. The van der Waals surface area contributed by atoms with Crippen molar-refractivity contribution in [3.63, 3.8) is 0 Å². The Morgan fingerprint density at radius 2 is 1.96 bits per heavy atom. The third-order valence-electron chi connectivity index (χ3n) is 3.85. The lowest BCUT2D eigenvalue weighted by atomic mass is 10.2. The summed E-state index contributed by atoms with van der Waals surface area (Å²) in [7, 11) is 0. The van der Waals surface area contributed by atoms with Gasteiger partial charge in [-0.2, -0.15) is 0 Å². The second-order valence-corrected chi connectivity index (χ2v) is 6.87. The first-order valence-corrected chi connectivity index (χ1v) is 9.58. The number of amides is 1. The maximum absolute atomic E-state index is 12.4. The summed E-state index contributed by atoms with van der Waals surface area (Å²) in [6.07, 6.45) is 3.25. The first kappa shape index (κ1) is 19.1. The summed E-state index contributed by atoms with van der Waals surface area (Å²) in [6, 6.07) is 14.5. The normalized spacial score (nSPS) is 10.6. The van der Waals surface area contributed by atoms with E-state index in [1.807, 2.05) is 30.3 Å². The van der Waals surface area contributed by atoms with Crippen LogP contribution in [0.2, 0.25) is 0 Å². The summed E-state index contributed by atoms with van der Waals surface area (Å²) in [5.41, 5.74) is 1.24. The van der Waals surface area contributed by atoms with Crippen LogP contribution in [0.5, 0.6) is 5.75 Å². The van der Waals surface area contributed by atoms with Gasteiger partial charge in [0.15, 0.2) is 0 Å². The number of hydrogen-bond acceptors (Lipinski definition) is 5. The molecule has 3 aromatic rings. The van der Waals surface area contributed by atoms with Gasteiger partial charge in [0.25, 0.3) is 5.91 Å². The standard InChI is InChI=1S/C20H20BrN3O3/c1-2-3-4-12-26-17-7-5-6-15(13-17)18(25)22-20-24-23-19(27-20)14-8-10-16(21)11-9-14/h5-11,13H,2-4,12H2,1H3,(H,22,24,25). The first-order chi connectivity index (χ1) is 13.2. The summed E-state index contributed by atoms with van der Waals surface area (Å²) in [4.78, 5) is 12.4. The van der Waals surface area contributed by atoms with E-state index in [0.29, 0.717) is 23.8 Å². The van der Waals surface area contributed by atoms with Crippen LogP contribution in [0.4, 0.5) is 6.01 Å². The number of halogens is 1. The molecule has 140 valence electrons. The molecule has 1 N–H and O–H groups in total. The molecule has 0 aliphatic heterocycles. The molecular weight excluding hydrogens is 410 g/mol. The lowest BCUT2D eigenvalue weighted by Gasteiger charge is -2.07. The van der Waals surface area contributed by atoms with Gasteiger partial charge in [-0.05, 0) is 48.9 Å². The second-order valence-electron chi connectivity index (χ2n) is 5.96. The van der Waals surface area contributed by atoms with Gasteiger partial charge in [0.1, 0.15) is 5.75 Å². The van der Waals surface area contributed by atoms with Gasteiger partial charge in [0.2, 0.25) is 5.89 Å². The molecule has 0 aliphatic rings. The fourth-order valence-electron chi connectivity index (χ4n) is 2.42.